The van der Waals surface area contributed by atoms with Gasteiger partial charge in [-0.15, -0.1) is 0 Å². The van der Waals surface area contributed by atoms with Crippen molar-refractivity contribution in [2.75, 3.05) is 16.8 Å². The number of nitrogens with one attached hydrogen (secondary N) is 1. The summed E-state index contributed by atoms with van der Waals surface area (Å²) in [5.41, 5.74) is 3.82. The first kappa shape index (κ1) is 14.7. The highest BCUT2D eigenvalue weighted by atomic mass is 15.2. The number of benzene rings is 2. The van der Waals surface area contributed by atoms with Crippen LogP contribution in [0.15, 0.2) is 66.9 Å². The molecule has 1 atom stereocenters. The molecule has 24 heavy (non-hydrogen) atoms. The van der Waals surface area contributed by atoms with Crippen LogP contribution < -0.4 is 10.2 Å². The molecule has 120 valence electrons. The first-order chi connectivity index (χ1) is 11.8. The van der Waals surface area contributed by atoms with E-state index in [1.54, 1.807) is 0 Å². The molecule has 2 heterocycles. The molecule has 0 saturated heterocycles. The van der Waals surface area contributed by atoms with E-state index in [0.717, 1.165) is 24.5 Å². The van der Waals surface area contributed by atoms with Gasteiger partial charge in [0.05, 0.1) is 6.04 Å². The third-order valence-corrected chi connectivity index (χ3v) is 4.56. The zero-order valence-corrected chi connectivity index (χ0v) is 13.7. The van der Waals surface area contributed by atoms with Crippen molar-refractivity contribution in [3.8, 4) is 0 Å². The van der Waals surface area contributed by atoms with Gasteiger partial charge in [0.1, 0.15) is 5.82 Å². The van der Waals surface area contributed by atoms with E-state index in [0.29, 0.717) is 12.0 Å². The fraction of sp³-hybridized carbons (Fsp3) is 0.200. The molecule has 0 fully saturated rings. The van der Waals surface area contributed by atoms with Crippen molar-refractivity contribution in [1.29, 1.82) is 0 Å². The molecule has 0 amide bonds. The summed E-state index contributed by atoms with van der Waals surface area (Å²) in [5, 5.41) is 3.27. The highest BCUT2D eigenvalue weighted by Gasteiger charge is 2.24. The molecule has 1 N–H and O–H groups in total. The van der Waals surface area contributed by atoms with Gasteiger partial charge in [-0.1, -0.05) is 42.5 Å². The first-order valence-corrected chi connectivity index (χ1v) is 8.31. The first-order valence-electron chi connectivity index (χ1n) is 8.31. The van der Waals surface area contributed by atoms with Gasteiger partial charge in [-0.25, -0.2) is 4.98 Å². The topological polar surface area (TPSA) is 41.1 Å². The number of para-hydroxylation sites is 1. The molecule has 4 heteroatoms. The predicted molar refractivity (Wildman–Crippen MR) is 97.7 cm³/mol. The maximum atomic E-state index is 4.72. The predicted octanol–water partition coefficient (Wildman–Crippen LogP) is 4.34. The molecule has 4 nitrogen and oxygen atoms in total. The van der Waals surface area contributed by atoms with Crippen LogP contribution in [-0.2, 0) is 6.42 Å². The summed E-state index contributed by atoms with van der Waals surface area (Å²) in [4.78, 5) is 11.4. The van der Waals surface area contributed by atoms with Crippen LogP contribution in [0.3, 0.4) is 0 Å². The summed E-state index contributed by atoms with van der Waals surface area (Å²) < 4.78 is 0. The van der Waals surface area contributed by atoms with Gasteiger partial charge in [0.15, 0.2) is 0 Å². The quantitative estimate of drug-likeness (QED) is 0.780. The van der Waals surface area contributed by atoms with E-state index < -0.39 is 0 Å². The molecular formula is C20H20N4. The van der Waals surface area contributed by atoms with Crippen LogP contribution in [0.1, 0.15) is 24.1 Å². The van der Waals surface area contributed by atoms with Gasteiger partial charge in [0, 0.05) is 18.4 Å². The van der Waals surface area contributed by atoms with Crippen molar-refractivity contribution in [3.05, 3.63) is 78.0 Å². The Balaban J connectivity index is 1.60. The fourth-order valence-electron chi connectivity index (χ4n) is 3.30. The second-order valence-corrected chi connectivity index (χ2v) is 6.05. The zero-order valence-electron chi connectivity index (χ0n) is 13.7. The maximum Gasteiger partial charge on any atom is 0.229 e. The van der Waals surface area contributed by atoms with Crippen LogP contribution in [0.25, 0.3) is 0 Å². The molecule has 0 spiro atoms. The maximum absolute atomic E-state index is 4.72. The third-order valence-electron chi connectivity index (χ3n) is 4.56. The lowest BCUT2D eigenvalue weighted by atomic mass is 9.94. The van der Waals surface area contributed by atoms with Gasteiger partial charge >= 0.3 is 0 Å². The van der Waals surface area contributed by atoms with Crippen molar-refractivity contribution >= 4 is 17.5 Å². The van der Waals surface area contributed by atoms with Crippen LogP contribution in [0.4, 0.5) is 17.5 Å². The van der Waals surface area contributed by atoms with Crippen molar-refractivity contribution in [1.82, 2.24) is 9.97 Å². The molecule has 1 aliphatic rings. The molecule has 0 aliphatic carbocycles. The number of hydrogen-bond acceptors (Lipinski definition) is 4. The van der Waals surface area contributed by atoms with E-state index in [2.05, 4.69) is 46.4 Å². The third kappa shape index (κ3) is 2.83. The van der Waals surface area contributed by atoms with Gasteiger partial charge in [-0.2, -0.15) is 4.98 Å². The largest absolute Gasteiger partial charge is 0.349 e. The van der Waals surface area contributed by atoms with Crippen LogP contribution in [0.2, 0.25) is 0 Å². The van der Waals surface area contributed by atoms with Gasteiger partial charge in [-0.05, 0) is 42.7 Å². The number of fused-ring (bicyclic) bond motifs is 1. The Morgan fingerprint density at radius 3 is 2.67 bits per heavy atom. The minimum Gasteiger partial charge on any atom is -0.349 e. The summed E-state index contributed by atoms with van der Waals surface area (Å²) in [6, 6.07) is 21.0. The summed E-state index contributed by atoms with van der Waals surface area (Å²) >= 11 is 0. The van der Waals surface area contributed by atoms with Gasteiger partial charge in [0.2, 0.25) is 5.95 Å². The molecule has 0 bridgehead atoms. The minimum absolute atomic E-state index is 0.314. The summed E-state index contributed by atoms with van der Waals surface area (Å²) in [7, 11) is 0. The molecule has 0 unspecified atom stereocenters. The number of hydrogen-bond donors (Lipinski definition) is 1. The van der Waals surface area contributed by atoms with Crippen LogP contribution in [0, 0.1) is 0 Å². The number of rotatable bonds is 3. The lowest BCUT2D eigenvalue weighted by Crippen LogP contribution is -2.34. The minimum atomic E-state index is 0.314. The fourth-order valence-corrected chi connectivity index (χ4v) is 3.30. The molecule has 3 aromatic rings. The Morgan fingerprint density at radius 2 is 1.79 bits per heavy atom. The molecular weight excluding hydrogens is 296 g/mol. The van der Waals surface area contributed by atoms with Gasteiger partial charge in [-0.3, -0.25) is 0 Å². The van der Waals surface area contributed by atoms with Gasteiger partial charge < -0.3 is 10.2 Å². The molecule has 4 rings (SSSR count). The van der Waals surface area contributed by atoms with Gasteiger partial charge in [0.25, 0.3) is 0 Å². The van der Waals surface area contributed by atoms with E-state index in [-0.39, 0.29) is 0 Å². The summed E-state index contributed by atoms with van der Waals surface area (Å²) in [6.45, 7) is 3.21. The van der Waals surface area contributed by atoms with Crippen LogP contribution in [-0.4, -0.2) is 16.5 Å². The Hall–Kier alpha value is -2.88. The average Bonchev–Trinajstić information content (AvgIpc) is 2.63. The lowest BCUT2D eigenvalue weighted by Gasteiger charge is -2.36. The average molecular weight is 316 g/mol. The monoisotopic (exact) mass is 316 g/mol. The molecule has 0 saturated carbocycles. The highest BCUT2D eigenvalue weighted by molar-refractivity contribution is 5.55. The van der Waals surface area contributed by atoms with Crippen molar-refractivity contribution in [3.63, 3.8) is 0 Å². The number of nitrogens with zero attached hydrogens (tertiary/aromatic N) is 3. The molecule has 1 aromatic heterocycles. The zero-order chi connectivity index (χ0) is 16.4. The molecule has 0 radical (unpaired) electrons. The Kier molecular flexibility index (Phi) is 3.87. The summed E-state index contributed by atoms with van der Waals surface area (Å²) in [5.74, 6) is 1.59. The van der Waals surface area contributed by atoms with Crippen molar-refractivity contribution in [2.24, 2.45) is 0 Å². The van der Waals surface area contributed by atoms with E-state index in [1.807, 2.05) is 42.6 Å². The highest BCUT2D eigenvalue weighted by Crippen LogP contribution is 2.32. The Bertz CT molecular complexity index is 832. The lowest BCUT2D eigenvalue weighted by molar-refractivity contribution is 0.617. The SMILES string of the molecule is C[C@H]1c2ccccc2CCN1c1ccnc(Nc2ccccc2)n1. The summed E-state index contributed by atoms with van der Waals surface area (Å²) in [6.07, 6.45) is 2.87. The normalized spacial score (nSPS) is 16.5. The number of aromatic nitrogens is 2. The standard InChI is InChI=1S/C20H20N4/c1-15-18-10-6-5-7-16(18)12-14-24(15)19-11-13-21-20(23-19)22-17-8-3-2-4-9-17/h2-11,13,15H,12,14H2,1H3,(H,21,22,23)/t15-/m0/s1. The second-order valence-electron chi connectivity index (χ2n) is 6.05. The van der Waals surface area contributed by atoms with Crippen LogP contribution in [0.5, 0.6) is 0 Å². The Labute approximate surface area is 142 Å². The van der Waals surface area contributed by atoms with Crippen molar-refractivity contribution < 1.29 is 0 Å². The Morgan fingerprint density at radius 1 is 1.00 bits per heavy atom. The van der Waals surface area contributed by atoms with E-state index >= 15 is 0 Å². The second kappa shape index (κ2) is 6.32. The van der Waals surface area contributed by atoms with E-state index in [1.165, 1.54) is 11.1 Å². The van der Waals surface area contributed by atoms with E-state index in [9.17, 15) is 0 Å². The molecule has 2 aromatic carbocycles. The van der Waals surface area contributed by atoms with E-state index in [4.69, 9.17) is 4.98 Å². The smallest absolute Gasteiger partial charge is 0.229 e. The van der Waals surface area contributed by atoms with Crippen LogP contribution >= 0.6 is 0 Å². The van der Waals surface area contributed by atoms with Crippen molar-refractivity contribution in [2.45, 2.75) is 19.4 Å². The number of anilines is 3. The molecule has 1 aliphatic heterocycles.